The summed E-state index contributed by atoms with van der Waals surface area (Å²) in [5.41, 5.74) is 2.47. The highest BCUT2D eigenvalue weighted by Gasteiger charge is 2.31. The Kier molecular flexibility index (Phi) is 5.21. The molecule has 4 aromatic rings. The maximum Gasteiger partial charge on any atom is 0.573 e. The fourth-order valence-corrected chi connectivity index (χ4v) is 3.46. The topological polar surface area (TPSA) is 97.3 Å². The SMILES string of the molecule is COc1cccc([C@H]2Cn3nnc(-c4nc(-c5ccc(OC(F)(F)F)cc5)no4)c3CO2)c1. The lowest BCUT2D eigenvalue weighted by atomic mass is 10.1. The van der Waals surface area contributed by atoms with Gasteiger partial charge in [-0.15, -0.1) is 18.3 Å². The molecule has 3 heterocycles. The summed E-state index contributed by atoms with van der Waals surface area (Å²) in [6.07, 6.45) is -4.99. The minimum Gasteiger partial charge on any atom is -0.497 e. The standard InChI is InChI=1S/C21H16F3N5O4/c1-30-15-4-2-3-13(9-15)17-10-29-16(11-31-17)18(26-28-29)20-25-19(27-33-20)12-5-7-14(8-6-12)32-21(22,23)24/h2-9,17H,10-11H2,1H3/t17-/m1/s1. The molecule has 9 nitrogen and oxygen atoms in total. The van der Waals surface area contributed by atoms with Crippen LogP contribution < -0.4 is 9.47 Å². The summed E-state index contributed by atoms with van der Waals surface area (Å²) < 4.78 is 59.2. The van der Waals surface area contributed by atoms with Crippen molar-refractivity contribution in [1.82, 2.24) is 25.1 Å². The number of nitrogens with zero attached hydrogens (tertiary/aromatic N) is 5. The van der Waals surface area contributed by atoms with Crippen molar-refractivity contribution in [3.05, 3.63) is 59.8 Å². The van der Waals surface area contributed by atoms with E-state index >= 15 is 0 Å². The van der Waals surface area contributed by atoms with Gasteiger partial charge in [0.25, 0.3) is 5.89 Å². The molecular weight excluding hydrogens is 443 g/mol. The van der Waals surface area contributed by atoms with Crippen molar-refractivity contribution in [1.29, 1.82) is 0 Å². The molecule has 1 atom stereocenters. The van der Waals surface area contributed by atoms with Gasteiger partial charge in [0, 0.05) is 5.56 Å². The number of benzene rings is 2. The molecule has 5 rings (SSSR count). The first kappa shape index (κ1) is 20.9. The number of ether oxygens (including phenoxy) is 3. The largest absolute Gasteiger partial charge is 0.573 e. The molecule has 1 aliphatic rings. The van der Waals surface area contributed by atoms with E-state index in [2.05, 4.69) is 25.2 Å². The summed E-state index contributed by atoms with van der Waals surface area (Å²) in [5, 5.41) is 12.2. The van der Waals surface area contributed by atoms with E-state index in [1.807, 2.05) is 24.3 Å². The summed E-state index contributed by atoms with van der Waals surface area (Å²) in [6.45, 7) is 0.669. The van der Waals surface area contributed by atoms with Crippen LogP contribution in [-0.2, 0) is 17.9 Å². The monoisotopic (exact) mass is 459 g/mol. The number of fused-ring (bicyclic) bond motifs is 1. The van der Waals surface area contributed by atoms with Gasteiger partial charge in [-0.25, -0.2) is 4.68 Å². The fraction of sp³-hybridized carbons (Fsp3) is 0.238. The maximum atomic E-state index is 12.3. The number of halogens is 3. The quantitative estimate of drug-likeness (QED) is 0.439. The molecule has 1 aliphatic heterocycles. The van der Waals surface area contributed by atoms with E-state index < -0.39 is 6.36 Å². The van der Waals surface area contributed by atoms with Crippen molar-refractivity contribution in [2.24, 2.45) is 0 Å². The zero-order valence-corrected chi connectivity index (χ0v) is 17.1. The molecule has 0 saturated carbocycles. The van der Waals surface area contributed by atoms with Crippen LogP contribution in [0.3, 0.4) is 0 Å². The summed E-state index contributed by atoms with van der Waals surface area (Å²) in [5.74, 6) is 0.712. The number of methoxy groups -OCH3 is 1. The Balaban J connectivity index is 1.34. The van der Waals surface area contributed by atoms with E-state index in [0.717, 1.165) is 11.3 Å². The molecule has 0 fully saturated rings. The average Bonchev–Trinajstić information content (AvgIpc) is 3.45. The Labute approximate surface area is 184 Å². The second-order valence-corrected chi connectivity index (χ2v) is 7.14. The van der Waals surface area contributed by atoms with Crippen LogP contribution in [0.5, 0.6) is 11.5 Å². The van der Waals surface area contributed by atoms with Crippen molar-refractivity contribution >= 4 is 0 Å². The van der Waals surface area contributed by atoms with Gasteiger partial charge in [-0.2, -0.15) is 4.98 Å². The second-order valence-electron chi connectivity index (χ2n) is 7.14. The van der Waals surface area contributed by atoms with Crippen molar-refractivity contribution in [3.8, 4) is 34.5 Å². The number of hydrogen-bond donors (Lipinski definition) is 0. The molecule has 170 valence electrons. The predicted molar refractivity (Wildman–Crippen MR) is 106 cm³/mol. The van der Waals surface area contributed by atoms with E-state index in [-0.39, 0.29) is 30.2 Å². The normalized spacial score (nSPS) is 15.8. The molecule has 0 bridgehead atoms. The lowest BCUT2D eigenvalue weighted by Gasteiger charge is -2.24. The third kappa shape index (κ3) is 4.37. The van der Waals surface area contributed by atoms with Crippen molar-refractivity contribution in [3.63, 3.8) is 0 Å². The summed E-state index contributed by atoms with van der Waals surface area (Å²) in [7, 11) is 1.60. The van der Waals surface area contributed by atoms with Gasteiger partial charge in [0.2, 0.25) is 5.82 Å². The predicted octanol–water partition coefficient (Wildman–Crippen LogP) is 4.17. The van der Waals surface area contributed by atoms with Gasteiger partial charge in [-0.3, -0.25) is 0 Å². The number of aromatic nitrogens is 5. The van der Waals surface area contributed by atoms with Crippen LogP contribution in [0.25, 0.3) is 23.0 Å². The molecule has 33 heavy (non-hydrogen) atoms. The van der Waals surface area contributed by atoms with Crippen LogP contribution in [0.2, 0.25) is 0 Å². The molecule has 0 N–H and O–H groups in total. The van der Waals surface area contributed by atoms with Crippen LogP contribution in [0, 0.1) is 0 Å². The van der Waals surface area contributed by atoms with Gasteiger partial charge in [0.1, 0.15) is 17.6 Å². The Bertz CT molecular complexity index is 1270. The Morgan fingerprint density at radius 2 is 1.91 bits per heavy atom. The first-order chi connectivity index (χ1) is 15.9. The van der Waals surface area contributed by atoms with Crippen molar-refractivity contribution in [2.45, 2.75) is 25.6 Å². The maximum absolute atomic E-state index is 12.3. The molecule has 2 aromatic heterocycles. The lowest BCUT2D eigenvalue weighted by Crippen LogP contribution is -2.22. The Morgan fingerprint density at radius 1 is 1.09 bits per heavy atom. The van der Waals surface area contributed by atoms with E-state index in [4.69, 9.17) is 14.0 Å². The molecule has 0 spiro atoms. The van der Waals surface area contributed by atoms with Crippen LogP contribution >= 0.6 is 0 Å². The highest BCUT2D eigenvalue weighted by atomic mass is 19.4. The first-order valence-electron chi connectivity index (χ1n) is 9.78. The highest BCUT2D eigenvalue weighted by molar-refractivity contribution is 5.59. The van der Waals surface area contributed by atoms with E-state index in [9.17, 15) is 13.2 Å². The summed E-state index contributed by atoms with van der Waals surface area (Å²) in [6, 6.07) is 12.7. The first-order valence-corrected chi connectivity index (χ1v) is 9.78. The van der Waals surface area contributed by atoms with Crippen LogP contribution in [0.1, 0.15) is 17.4 Å². The summed E-state index contributed by atoms with van der Waals surface area (Å²) in [4.78, 5) is 4.31. The molecule has 0 aliphatic carbocycles. The van der Waals surface area contributed by atoms with Gasteiger partial charge in [-0.05, 0) is 42.0 Å². The highest BCUT2D eigenvalue weighted by Crippen LogP contribution is 2.32. The number of hydrogen-bond acceptors (Lipinski definition) is 8. The Morgan fingerprint density at radius 3 is 2.67 bits per heavy atom. The van der Waals surface area contributed by atoms with E-state index in [1.165, 1.54) is 24.3 Å². The van der Waals surface area contributed by atoms with E-state index in [1.54, 1.807) is 11.8 Å². The third-order valence-corrected chi connectivity index (χ3v) is 5.04. The molecule has 12 heteroatoms. The van der Waals surface area contributed by atoms with Gasteiger partial charge in [0.05, 0.1) is 26.0 Å². The molecule has 0 unspecified atom stereocenters. The number of alkyl halides is 3. The zero-order chi connectivity index (χ0) is 23.0. The molecular formula is C21H16F3N5O4. The van der Waals surface area contributed by atoms with Crippen LogP contribution in [0.15, 0.2) is 53.1 Å². The molecule has 2 aromatic carbocycles. The summed E-state index contributed by atoms with van der Waals surface area (Å²) >= 11 is 0. The average molecular weight is 459 g/mol. The minimum atomic E-state index is -4.76. The van der Waals surface area contributed by atoms with Gasteiger partial charge < -0.3 is 18.7 Å². The Hall–Kier alpha value is -3.93. The van der Waals surface area contributed by atoms with E-state index in [0.29, 0.717) is 23.5 Å². The smallest absolute Gasteiger partial charge is 0.497 e. The van der Waals surface area contributed by atoms with Gasteiger partial charge in [-0.1, -0.05) is 22.5 Å². The molecule has 0 radical (unpaired) electrons. The van der Waals surface area contributed by atoms with Crippen LogP contribution in [0.4, 0.5) is 13.2 Å². The zero-order valence-electron chi connectivity index (χ0n) is 17.1. The van der Waals surface area contributed by atoms with Gasteiger partial charge >= 0.3 is 6.36 Å². The fourth-order valence-electron chi connectivity index (χ4n) is 3.46. The number of rotatable bonds is 5. The molecule has 0 amide bonds. The van der Waals surface area contributed by atoms with Crippen molar-refractivity contribution in [2.75, 3.05) is 7.11 Å². The van der Waals surface area contributed by atoms with Crippen molar-refractivity contribution < 1.29 is 31.9 Å². The lowest BCUT2D eigenvalue weighted by molar-refractivity contribution is -0.274. The minimum absolute atomic E-state index is 0.130. The second kappa shape index (κ2) is 8.20. The third-order valence-electron chi connectivity index (χ3n) is 5.04. The van der Waals surface area contributed by atoms with Crippen LogP contribution in [-0.4, -0.2) is 38.6 Å². The van der Waals surface area contributed by atoms with Gasteiger partial charge in [0.15, 0.2) is 5.69 Å². The molecule has 0 saturated heterocycles.